The van der Waals surface area contributed by atoms with Gasteiger partial charge in [-0.25, -0.2) is 0 Å². The third kappa shape index (κ3) is 6.86. The van der Waals surface area contributed by atoms with E-state index in [1.165, 1.54) is 25.7 Å². The Kier molecular flexibility index (Phi) is 6.22. The van der Waals surface area contributed by atoms with E-state index < -0.39 is 33.8 Å². The molecule has 0 N–H and O–H groups in total. The fourth-order valence-corrected chi connectivity index (χ4v) is 19.0. The van der Waals surface area contributed by atoms with Gasteiger partial charge in [-0.2, -0.15) is 0 Å². The molecule has 0 aromatic rings. The first-order chi connectivity index (χ1) is 11.1. The van der Waals surface area contributed by atoms with Gasteiger partial charge >= 0.3 is 8.80 Å². The number of rotatable bonds is 9. The second-order valence-electron chi connectivity index (χ2n) is 11.1. The summed E-state index contributed by atoms with van der Waals surface area (Å²) in [5.74, 6) is 0.824. The van der Waals surface area contributed by atoms with E-state index in [4.69, 9.17) is 12.3 Å². The van der Waals surface area contributed by atoms with Gasteiger partial charge in [0, 0.05) is 6.04 Å². The zero-order chi connectivity index (χ0) is 19.1. The molecule has 2 bridgehead atoms. The molecule has 7 heteroatoms. The van der Waals surface area contributed by atoms with Crippen LogP contribution in [0.3, 0.4) is 0 Å². The van der Waals surface area contributed by atoms with Crippen molar-refractivity contribution in [1.29, 1.82) is 0 Å². The maximum atomic E-state index is 6.82. The van der Waals surface area contributed by atoms with E-state index in [1.54, 1.807) is 0 Å². The molecule has 2 rings (SSSR count). The first-order valence-electron chi connectivity index (χ1n) is 9.91. The van der Waals surface area contributed by atoms with Gasteiger partial charge in [-0.15, -0.1) is 0 Å². The van der Waals surface area contributed by atoms with Crippen LogP contribution in [-0.4, -0.2) is 33.8 Å². The van der Waals surface area contributed by atoms with Crippen molar-refractivity contribution in [3.63, 3.8) is 0 Å². The second-order valence-corrected chi connectivity index (χ2v) is 28.0. The quantitative estimate of drug-likeness (QED) is 0.329. The largest absolute Gasteiger partial charge is 0.469 e. The molecule has 25 heavy (non-hydrogen) atoms. The van der Waals surface area contributed by atoms with E-state index >= 15 is 0 Å². The van der Waals surface area contributed by atoms with Crippen molar-refractivity contribution in [3.05, 3.63) is 12.2 Å². The van der Waals surface area contributed by atoms with Crippen LogP contribution in [0.1, 0.15) is 25.7 Å². The van der Waals surface area contributed by atoms with Crippen LogP contribution < -0.4 is 0 Å². The molecule has 146 valence electrons. The van der Waals surface area contributed by atoms with Gasteiger partial charge in [-0.05, 0) is 95.9 Å². The van der Waals surface area contributed by atoms with Gasteiger partial charge in [0.25, 0.3) is 0 Å². The topological polar surface area (TPSA) is 27.7 Å². The molecule has 0 aromatic heterocycles. The van der Waals surface area contributed by atoms with Gasteiger partial charge < -0.3 is 12.3 Å². The molecular formula is C18H40O3Si4. The van der Waals surface area contributed by atoms with Crippen LogP contribution in [0.25, 0.3) is 0 Å². The highest BCUT2D eigenvalue weighted by molar-refractivity contribution is 6.90. The third-order valence-corrected chi connectivity index (χ3v) is 16.7. The molecule has 2 atom stereocenters. The van der Waals surface area contributed by atoms with Crippen LogP contribution in [0.2, 0.25) is 65.0 Å². The highest BCUT2D eigenvalue weighted by Gasteiger charge is 2.52. The highest BCUT2D eigenvalue weighted by Crippen LogP contribution is 2.53. The molecule has 1 saturated carbocycles. The fraction of sp³-hybridized carbons (Fsp3) is 0.889. The Morgan fingerprint density at radius 1 is 0.840 bits per heavy atom. The summed E-state index contributed by atoms with van der Waals surface area (Å²) in [6.45, 7) is 20.5. The van der Waals surface area contributed by atoms with Gasteiger partial charge in [0.15, 0.2) is 25.0 Å². The van der Waals surface area contributed by atoms with Crippen LogP contribution in [0, 0.1) is 11.3 Å². The monoisotopic (exact) mass is 416 g/mol. The molecule has 2 unspecified atom stereocenters. The average Bonchev–Trinajstić information content (AvgIpc) is 2.90. The summed E-state index contributed by atoms with van der Waals surface area (Å²) < 4.78 is 20.5. The highest BCUT2D eigenvalue weighted by atomic mass is 28.5. The summed E-state index contributed by atoms with van der Waals surface area (Å²) in [5.41, 5.74) is 0.400. The SMILES string of the molecule is C[Si](C)(C)O[Si](CCC12C=CC(CC1)C2)(O[Si](C)(C)C)O[Si](C)(C)C. The molecular weight excluding hydrogens is 377 g/mol. The minimum Gasteiger partial charge on any atom is -0.417 e. The van der Waals surface area contributed by atoms with Crippen LogP contribution in [0.4, 0.5) is 0 Å². The number of allylic oxidation sites excluding steroid dienone is 2. The van der Waals surface area contributed by atoms with Crippen molar-refractivity contribution in [2.75, 3.05) is 0 Å². The van der Waals surface area contributed by atoms with E-state index in [9.17, 15) is 0 Å². The molecule has 0 radical (unpaired) electrons. The van der Waals surface area contributed by atoms with Crippen molar-refractivity contribution in [2.45, 2.75) is 90.7 Å². The fourth-order valence-electron chi connectivity index (χ4n) is 4.18. The molecule has 3 nitrogen and oxygen atoms in total. The van der Waals surface area contributed by atoms with Crippen molar-refractivity contribution in [1.82, 2.24) is 0 Å². The summed E-state index contributed by atoms with van der Waals surface area (Å²) >= 11 is 0. The summed E-state index contributed by atoms with van der Waals surface area (Å²) in [5, 5.41) is 0. The van der Waals surface area contributed by atoms with E-state index in [-0.39, 0.29) is 0 Å². The Bertz CT molecular complexity index is 461. The average molecular weight is 417 g/mol. The summed E-state index contributed by atoms with van der Waals surface area (Å²) in [4.78, 5) is 0. The first-order valence-corrected chi connectivity index (χ1v) is 22.1. The summed E-state index contributed by atoms with van der Waals surface area (Å²) in [7, 11) is -7.93. The van der Waals surface area contributed by atoms with Gasteiger partial charge in [0.2, 0.25) is 0 Å². The third-order valence-electron chi connectivity index (χ3n) is 4.72. The van der Waals surface area contributed by atoms with Crippen LogP contribution in [-0.2, 0) is 12.3 Å². The van der Waals surface area contributed by atoms with Crippen molar-refractivity contribution in [3.8, 4) is 0 Å². The molecule has 2 aliphatic carbocycles. The predicted molar refractivity (Wildman–Crippen MR) is 117 cm³/mol. The standard InChI is InChI=1S/C18H40O3Si4/c1-22(2,3)19-25(20-23(4,5)6,21-24(7,8)9)15-14-18-12-10-17(16-18)11-13-18/h10,12,17H,11,13-16H2,1-9H3. The molecule has 0 spiro atoms. The summed E-state index contributed by atoms with van der Waals surface area (Å²) in [6, 6.07) is 0.989. The van der Waals surface area contributed by atoms with E-state index in [1.807, 2.05) is 0 Å². The van der Waals surface area contributed by atoms with Gasteiger partial charge in [-0.3, -0.25) is 0 Å². The smallest absolute Gasteiger partial charge is 0.417 e. The Balaban J connectivity index is 2.25. The normalized spacial score (nSPS) is 27.3. The van der Waals surface area contributed by atoms with Gasteiger partial charge in [0.1, 0.15) is 0 Å². The molecule has 0 saturated heterocycles. The molecule has 1 fully saturated rings. The van der Waals surface area contributed by atoms with Crippen molar-refractivity contribution >= 4 is 33.8 Å². The number of hydrogen-bond acceptors (Lipinski definition) is 3. The van der Waals surface area contributed by atoms with Gasteiger partial charge in [0.05, 0.1) is 0 Å². The van der Waals surface area contributed by atoms with Crippen LogP contribution >= 0.6 is 0 Å². The minimum atomic E-state index is -2.66. The Morgan fingerprint density at radius 2 is 1.32 bits per heavy atom. The van der Waals surface area contributed by atoms with E-state index in [0.717, 1.165) is 12.0 Å². The first kappa shape index (κ1) is 21.8. The zero-order valence-corrected chi connectivity index (χ0v) is 22.0. The molecule has 0 heterocycles. The lowest BCUT2D eigenvalue weighted by atomic mass is 9.85. The molecule has 0 amide bonds. The zero-order valence-electron chi connectivity index (χ0n) is 18.0. The van der Waals surface area contributed by atoms with Crippen molar-refractivity contribution in [2.24, 2.45) is 11.3 Å². The Morgan fingerprint density at radius 3 is 1.60 bits per heavy atom. The van der Waals surface area contributed by atoms with Gasteiger partial charge in [-0.1, -0.05) is 12.2 Å². The maximum absolute atomic E-state index is 6.82. The molecule has 0 aromatic carbocycles. The molecule has 0 aliphatic heterocycles. The lowest BCUT2D eigenvalue weighted by molar-refractivity contribution is 0.239. The van der Waals surface area contributed by atoms with E-state index in [2.05, 4.69) is 71.1 Å². The number of fused-ring (bicyclic) bond motifs is 2. The van der Waals surface area contributed by atoms with Crippen molar-refractivity contribution < 1.29 is 12.3 Å². The lowest BCUT2D eigenvalue weighted by Crippen LogP contribution is -2.60. The second kappa shape index (κ2) is 7.14. The Hall–Kier alpha value is 0.488. The van der Waals surface area contributed by atoms with Crippen LogP contribution in [0.15, 0.2) is 12.2 Å². The Labute approximate surface area is 160 Å². The maximum Gasteiger partial charge on any atom is 0.469 e. The lowest BCUT2D eigenvalue weighted by Gasteiger charge is -2.44. The predicted octanol–water partition coefficient (Wildman–Crippen LogP) is 6.23. The summed E-state index contributed by atoms with van der Waals surface area (Å²) in [6.07, 6.45) is 10.2. The molecule has 2 aliphatic rings. The van der Waals surface area contributed by atoms with E-state index in [0.29, 0.717) is 5.41 Å². The minimum absolute atomic E-state index is 0.400. The van der Waals surface area contributed by atoms with Crippen LogP contribution in [0.5, 0.6) is 0 Å². The number of hydrogen-bond donors (Lipinski definition) is 0.